The molecule has 0 spiro atoms. The lowest BCUT2D eigenvalue weighted by molar-refractivity contribution is -0.332. The number of hydrogen-bond acceptors (Lipinski definition) is 3. The summed E-state index contributed by atoms with van der Waals surface area (Å²) in [6.45, 7) is 0. The molecule has 0 aliphatic heterocycles. The van der Waals surface area contributed by atoms with Gasteiger partial charge in [-0.2, -0.15) is 30.7 Å². The van der Waals surface area contributed by atoms with Crippen LogP contribution < -0.4 is 10.7 Å². The molecule has 3 N–H and O–H groups in total. The van der Waals surface area contributed by atoms with Crippen molar-refractivity contribution in [1.29, 1.82) is 0 Å². The zero-order valence-corrected chi connectivity index (χ0v) is 7.26. The van der Waals surface area contributed by atoms with E-state index in [4.69, 9.17) is 0 Å². The molecular formula is C3H3F7N2O2S. The van der Waals surface area contributed by atoms with Gasteiger partial charge < -0.3 is 0 Å². The molecule has 92 valence electrons. The Morgan fingerprint density at radius 2 is 1.27 bits per heavy atom. The van der Waals surface area contributed by atoms with E-state index in [9.17, 15) is 39.2 Å². The fourth-order valence-corrected chi connectivity index (χ4v) is 1.01. The monoisotopic (exact) mass is 264 g/mol. The van der Waals surface area contributed by atoms with Crippen LogP contribution in [-0.4, -0.2) is 25.8 Å². The molecule has 0 fully saturated rings. The van der Waals surface area contributed by atoms with Gasteiger partial charge in [0.05, 0.1) is 0 Å². The zero-order valence-electron chi connectivity index (χ0n) is 6.45. The highest BCUT2D eigenvalue weighted by atomic mass is 32.2. The molecule has 0 bridgehead atoms. The average molecular weight is 264 g/mol. The summed E-state index contributed by atoms with van der Waals surface area (Å²) in [4.78, 5) is 0.202. The number of hydrogen-bond donors (Lipinski definition) is 2. The van der Waals surface area contributed by atoms with Crippen LogP contribution in [0.1, 0.15) is 0 Å². The van der Waals surface area contributed by atoms with Crippen molar-refractivity contribution in [3.05, 3.63) is 0 Å². The first-order chi connectivity index (χ1) is 6.31. The predicted molar refractivity (Wildman–Crippen MR) is 32.2 cm³/mol. The van der Waals surface area contributed by atoms with Crippen molar-refractivity contribution in [2.75, 3.05) is 0 Å². The van der Waals surface area contributed by atoms with Gasteiger partial charge in [-0.1, -0.05) is 0 Å². The third-order valence-electron chi connectivity index (χ3n) is 1.21. The van der Waals surface area contributed by atoms with Gasteiger partial charge in [0.15, 0.2) is 0 Å². The molecule has 0 aliphatic rings. The van der Waals surface area contributed by atoms with E-state index in [1.807, 2.05) is 0 Å². The van der Waals surface area contributed by atoms with Crippen molar-refractivity contribution in [3.63, 3.8) is 0 Å². The van der Waals surface area contributed by atoms with Gasteiger partial charge in [-0.15, -0.1) is 4.83 Å². The van der Waals surface area contributed by atoms with Gasteiger partial charge >= 0.3 is 17.4 Å². The maximum Gasteiger partial charge on any atom is 0.461 e. The van der Waals surface area contributed by atoms with Gasteiger partial charge in [0, 0.05) is 0 Å². The van der Waals surface area contributed by atoms with Crippen LogP contribution in [0.15, 0.2) is 0 Å². The third-order valence-corrected chi connectivity index (χ3v) is 2.46. The van der Waals surface area contributed by atoms with Crippen LogP contribution in [0.3, 0.4) is 0 Å². The molecular weight excluding hydrogens is 261 g/mol. The number of halogens is 7. The van der Waals surface area contributed by atoms with Crippen LogP contribution in [0.2, 0.25) is 0 Å². The van der Waals surface area contributed by atoms with Crippen LogP contribution in [-0.2, 0) is 10.0 Å². The molecule has 0 saturated carbocycles. The number of hydrazine groups is 1. The first-order valence-corrected chi connectivity index (χ1v) is 4.34. The van der Waals surface area contributed by atoms with Crippen molar-refractivity contribution < 1.29 is 39.2 Å². The number of nitrogens with two attached hydrogens (primary N) is 1. The highest BCUT2D eigenvalue weighted by Crippen LogP contribution is 2.48. The third kappa shape index (κ3) is 2.01. The van der Waals surface area contributed by atoms with Gasteiger partial charge in [-0.3, -0.25) is 5.84 Å². The van der Waals surface area contributed by atoms with Crippen molar-refractivity contribution in [2.24, 2.45) is 5.84 Å². The van der Waals surface area contributed by atoms with E-state index in [1.54, 1.807) is 0 Å². The van der Waals surface area contributed by atoms with Crippen LogP contribution in [0.5, 0.6) is 0 Å². The molecule has 15 heavy (non-hydrogen) atoms. The number of alkyl halides is 7. The summed E-state index contributed by atoms with van der Waals surface area (Å²) in [5.41, 5.74) is 0. The van der Waals surface area contributed by atoms with Crippen LogP contribution in [0.4, 0.5) is 30.7 Å². The number of rotatable bonds is 3. The standard InChI is InChI=1S/C3H3F7N2O2S/c4-1(5,2(6,7)8)3(9,10)15(13,14)12-11/h12H,11H2. The fourth-order valence-electron chi connectivity index (χ4n) is 0.408. The average Bonchev–Trinajstić information content (AvgIpc) is 2.01. The second-order valence-corrected chi connectivity index (χ2v) is 3.97. The summed E-state index contributed by atoms with van der Waals surface area (Å²) in [6.07, 6.45) is -6.72. The Labute approximate surface area is 78.2 Å². The van der Waals surface area contributed by atoms with Crippen molar-refractivity contribution in [1.82, 2.24) is 4.83 Å². The quantitative estimate of drug-likeness (QED) is 0.444. The van der Waals surface area contributed by atoms with E-state index in [2.05, 4.69) is 5.84 Å². The van der Waals surface area contributed by atoms with E-state index >= 15 is 0 Å². The highest BCUT2D eigenvalue weighted by molar-refractivity contribution is 7.90. The minimum Gasteiger partial charge on any atom is -0.258 e. The van der Waals surface area contributed by atoms with Gasteiger partial charge in [-0.05, 0) is 0 Å². The van der Waals surface area contributed by atoms with Gasteiger partial charge in [-0.25, -0.2) is 8.42 Å². The minimum absolute atomic E-state index is 0.202. The molecule has 0 saturated heterocycles. The highest BCUT2D eigenvalue weighted by Gasteiger charge is 2.78. The topological polar surface area (TPSA) is 72.2 Å². The summed E-state index contributed by atoms with van der Waals surface area (Å²) in [5.74, 6) is -2.83. The molecule has 0 aromatic rings. The molecule has 0 unspecified atom stereocenters. The molecule has 4 nitrogen and oxygen atoms in total. The maximum atomic E-state index is 12.3. The summed E-state index contributed by atoms with van der Waals surface area (Å²) in [6, 6.07) is 0. The Bertz CT molecular complexity index is 333. The molecule has 0 rings (SSSR count). The lowest BCUT2D eigenvalue weighted by Crippen LogP contribution is -2.59. The fraction of sp³-hybridized carbons (Fsp3) is 1.00. The second-order valence-electron chi connectivity index (χ2n) is 2.21. The molecule has 0 aliphatic carbocycles. The Morgan fingerprint density at radius 3 is 1.47 bits per heavy atom. The smallest absolute Gasteiger partial charge is 0.258 e. The molecule has 0 atom stereocenters. The summed E-state index contributed by atoms with van der Waals surface area (Å²) >= 11 is 0. The van der Waals surface area contributed by atoms with Crippen molar-refractivity contribution >= 4 is 10.0 Å². The minimum atomic E-state index is -6.74. The second kappa shape index (κ2) is 3.45. The molecule has 0 heterocycles. The summed E-state index contributed by atoms with van der Waals surface area (Å²) in [7, 11) is -6.31. The lowest BCUT2D eigenvalue weighted by atomic mass is 10.3. The Hall–Kier alpha value is -0.620. The number of nitrogens with one attached hydrogen (secondary N) is 1. The Kier molecular flexibility index (Phi) is 3.31. The van der Waals surface area contributed by atoms with E-state index in [0.29, 0.717) is 0 Å². The summed E-state index contributed by atoms with van der Waals surface area (Å²) in [5, 5.41) is -6.40. The molecule has 0 aromatic carbocycles. The Balaban J connectivity index is 5.60. The van der Waals surface area contributed by atoms with E-state index < -0.39 is 27.4 Å². The van der Waals surface area contributed by atoms with Gasteiger partial charge in [0.2, 0.25) is 0 Å². The summed E-state index contributed by atoms with van der Waals surface area (Å²) < 4.78 is 103. The van der Waals surface area contributed by atoms with Gasteiger partial charge in [0.25, 0.3) is 10.0 Å². The zero-order chi connectivity index (χ0) is 12.7. The lowest BCUT2D eigenvalue weighted by Gasteiger charge is -2.26. The first-order valence-electron chi connectivity index (χ1n) is 2.85. The SMILES string of the molecule is NNS(=O)(=O)C(F)(F)C(F)(F)C(F)(F)F. The Morgan fingerprint density at radius 1 is 0.933 bits per heavy atom. The normalized spacial score (nSPS) is 15.5. The maximum absolute atomic E-state index is 12.3. The van der Waals surface area contributed by atoms with Crippen LogP contribution in [0, 0.1) is 0 Å². The largest absolute Gasteiger partial charge is 0.461 e. The van der Waals surface area contributed by atoms with Crippen LogP contribution in [0.25, 0.3) is 0 Å². The predicted octanol–water partition coefficient (Wildman–Crippen LogP) is 0.570. The molecule has 12 heteroatoms. The van der Waals surface area contributed by atoms with Crippen molar-refractivity contribution in [3.8, 4) is 0 Å². The molecule has 0 amide bonds. The number of sulfonamides is 1. The molecule has 0 aromatic heterocycles. The van der Waals surface area contributed by atoms with Crippen molar-refractivity contribution in [2.45, 2.75) is 17.4 Å². The van der Waals surface area contributed by atoms with E-state index in [1.165, 1.54) is 0 Å². The first kappa shape index (κ1) is 14.4. The van der Waals surface area contributed by atoms with Gasteiger partial charge in [0.1, 0.15) is 0 Å². The van der Waals surface area contributed by atoms with Crippen LogP contribution >= 0.6 is 0 Å². The molecule has 0 radical (unpaired) electrons. The van der Waals surface area contributed by atoms with E-state index in [-0.39, 0.29) is 4.83 Å². The van der Waals surface area contributed by atoms with E-state index in [0.717, 1.165) is 0 Å².